The molecule has 0 radical (unpaired) electrons. The molecule has 4 aromatic carbocycles. The van der Waals surface area contributed by atoms with E-state index in [1.807, 2.05) is 45.5 Å². The number of rotatable bonds is 2. The van der Waals surface area contributed by atoms with Gasteiger partial charge in [-0.3, -0.25) is 19.1 Å². The monoisotopic (exact) mass is 682 g/mol. The molecule has 0 fully saturated rings. The van der Waals surface area contributed by atoms with Gasteiger partial charge >= 0.3 is 0 Å². The number of hydrogen-bond donors (Lipinski definition) is 0. The normalized spacial score (nSPS) is 11.3. The van der Waals surface area contributed by atoms with Crippen LogP contribution in [0.3, 0.4) is 0 Å². The molecule has 42 heavy (non-hydrogen) atoms. The molecular weight excluding hydrogens is 666 g/mol. The molecular formula is C32H18Br2F2N6. The van der Waals surface area contributed by atoms with Crippen molar-refractivity contribution >= 4 is 75.7 Å². The van der Waals surface area contributed by atoms with Crippen LogP contribution in [0.25, 0.3) is 55.2 Å². The van der Waals surface area contributed by atoms with Crippen LogP contribution >= 0.6 is 31.9 Å². The Balaban J connectivity index is 0.000000137. The van der Waals surface area contributed by atoms with Crippen molar-refractivity contribution < 1.29 is 8.78 Å². The van der Waals surface area contributed by atoms with E-state index in [1.54, 1.807) is 49.3 Å². The second-order valence-electron chi connectivity index (χ2n) is 9.49. The molecule has 0 bridgehead atoms. The Bertz CT molecular complexity index is 2080. The standard InChI is InChI=1S/2C16H9BrFN3/c2*17-10-1-6-14-13(7-10)16-15(8-19-14)20-9-21(16)12-4-2-11(18)3-5-12/h2*1-9H. The molecule has 4 aromatic heterocycles. The minimum Gasteiger partial charge on any atom is -0.298 e. The number of pyridine rings is 2. The lowest BCUT2D eigenvalue weighted by molar-refractivity contribution is 0.627. The topological polar surface area (TPSA) is 61.4 Å². The maximum absolute atomic E-state index is 13.1. The highest BCUT2D eigenvalue weighted by Crippen LogP contribution is 2.29. The minimum absolute atomic E-state index is 0.252. The highest BCUT2D eigenvalue weighted by atomic mass is 79.9. The average molecular weight is 684 g/mol. The fourth-order valence-corrected chi connectivity index (χ4v) is 5.65. The molecule has 4 heterocycles. The number of nitrogens with zero attached hydrogens (tertiary/aromatic N) is 6. The SMILES string of the molecule is Fc1ccc(-n2cnc3cnc4ccc(Br)cc4c32)cc1.Fc1ccc(-n2cnc3cnc4ccc(Br)cc4c32)cc1. The zero-order valence-electron chi connectivity index (χ0n) is 21.6. The van der Waals surface area contributed by atoms with Crippen molar-refractivity contribution in [3.05, 3.63) is 131 Å². The summed E-state index contributed by atoms with van der Waals surface area (Å²) in [6.45, 7) is 0. The molecule has 0 amide bonds. The van der Waals surface area contributed by atoms with Gasteiger partial charge in [0.25, 0.3) is 0 Å². The maximum atomic E-state index is 13.1. The van der Waals surface area contributed by atoms with Gasteiger partial charge in [-0.15, -0.1) is 0 Å². The van der Waals surface area contributed by atoms with Crippen molar-refractivity contribution in [1.29, 1.82) is 0 Å². The van der Waals surface area contributed by atoms with Crippen LogP contribution in [0.5, 0.6) is 0 Å². The van der Waals surface area contributed by atoms with Crippen molar-refractivity contribution in [2.45, 2.75) is 0 Å². The first kappa shape index (κ1) is 26.4. The summed E-state index contributed by atoms with van der Waals surface area (Å²) in [5, 5.41) is 2.01. The first-order valence-corrected chi connectivity index (χ1v) is 14.4. The lowest BCUT2D eigenvalue weighted by Crippen LogP contribution is -1.93. The first-order chi connectivity index (χ1) is 20.4. The van der Waals surface area contributed by atoms with E-state index in [1.165, 1.54) is 24.3 Å². The third kappa shape index (κ3) is 4.82. The van der Waals surface area contributed by atoms with Gasteiger partial charge in [-0.05, 0) is 84.9 Å². The molecule has 0 atom stereocenters. The van der Waals surface area contributed by atoms with Gasteiger partial charge in [0, 0.05) is 31.1 Å². The lowest BCUT2D eigenvalue weighted by Gasteiger charge is -2.07. The van der Waals surface area contributed by atoms with Gasteiger partial charge in [-0.2, -0.15) is 0 Å². The average Bonchev–Trinajstić information content (AvgIpc) is 3.64. The zero-order chi connectivity index (χ0) is 28.8. The molecule has 204 valence electrons. The van der Waals surface area contributed by atoms with Gasteiger partial charge in [-0.25, -0.2) is 18.7 Å². The summed E-state index contributed by atoms with van der Waals surface area (Å²) >= 11 is 6.98. The highest BCUT2D eigenvalue weighted by molar-refractivity contribution is 9.10. The molecule has 0 unspecified atom stereocenters. The lowest BCUT2D eigenvalue weighted by atomic mass is 10.2. The number of fused-ring (bicyclic) bond motifs is 6. The Hall–Kier alpha value is -4.54. The van der Waals surface area contributed by atoms with Gasteiger partial charge in [0.1, 0.15) is 35.3 Å². The molecule has 8 rings (SSSR count). The molecule has 0 saturated carbocycles. The fourth-order valence-electron chi connectivity index (χ4n) is 4.93. The summed E-state index contributed by atoms with van der Waals surface area (Å²) < 4.78 is 32.1. The van der Waals surface area contributed by atoms with Crippen LogP contribution in [0.4, 0.5) is 8.78 Å². The zero-order valence-corrected chi connectivity index (χ0v) is 24.8. The fraction of sp³-hybridized carbons (Fsp3) is 0. The summed E-state index contributed by atoms with van der Waals surface area (Å²) in [5.74, 6) is -0.505. The predicted molar refractivity (Wildman–Crippen MR) is 168 cm³/mol. The largest absolute Gasteiger partial charge is 0.298 e. The van der Waals surface area contributed by atoms with Crippen LogP contribution in [0.2, 0.25) is 0 Å². The molecule has 8 aromatic rings. The van der Waals surface area contributed by atoms with Gasteiger partial charge in [0.2, 0.25) is 0 Å². The van der Waals surface area contributed by atoms with E-state index in [2.05, 4.69) is 51.8 Å². The molecule has 0 spiro atoms. The molecule has 0 saturated heterocycles. The van der Waals surface area contributed by atoms with Crippen molar-refractivity contribution in [1.82, 2.24) is 29.1 Å². The Morgan fingerprint density at radius 1 is 0.476 bits per heavy atom. The van der Waals surface area contributed by atoms with Crippen LogP contribution in [0, 0.1) is 11.6 Å². The van der Waals surface area contributed by atoms with Crippen LogP contribution in [-0.2, 0) is 0 Å². The predicted octanol–water partition coefficient (Wildman–Crippen LogP) is 8.95. The minimum atomic E-state index is -0.252. The summed E-state index contributed by atoms with van der Waals surface area (Å²) in [5.41, 5.74) is 7.08. The second kappa shape index (κ2) is 10.7. The van der Waals surface area contributed by atoms with Crippen molar-refractivity contribution in [2.75, 3.05) is 0 Å². The Labute approximate surface area is 254 Å². The third-order valence-corrected chi connectivity index (χ3v) is 7.87. The Morgan fingerprint density at radius 2 is 0.881 bits per heavy atom. The third-order valence-electron chi connectivity index (χ3n) is 6.88. The van der Waals surface area contributed by atoms with Crippen LogP contribution in [-0.4, -0.2) is 29.1 Å². The number of imidazole rings is 2. The quantitative estimate of drug-likeness (QED) is 0.183. The van der Waals surface area contributed by atoms with E-state index >= 15 is 0 Å². The molecule has 10 heteroatoms. The number of benzene rings is 4. The summed E-state index contributed by atoms with van der Waals surface area (Å²) in [6, 6.07) is 24.6. The summed E-state index contributed by atoms with van der Waals surface area (Å²) in [7, 11) is 0. The van der Waals surface area contributed by atoms with Crippen LogP contribution < -0.4 is 0 Å². The highest BCUT2D eigenvalue weighted by Gasteiger charge is 2.12. The summed E-state index contributed by atoms with van der Waals surface area (Å²) in [4.78, 5) is 17.6. The number of hydrogen-bond acceptors (Lipinski definition) is 4. The van der Waals surface area contributed by atoms with Crippen molar-refractivity contribution in [3.63, 3.8) is 0 Å². The number of aromatic nitrogens is 6. The van der Waals surface area contributed by atoms with Gasteiger partial charge in [-0.1, -0.05) is 31.9 Å². The first-order valence-electron chi connectivity index (χ1n) is 12.8. The molecule has 6 nitrogen and oxygen atoms in total. The van der Waals surface area contributed by atoms with E-state index < -0.39 is 0 Å². The molecule has 0 aliphatic rings. The van der Waals surface area contributed by atoms with Gasteiger partial charge in [0.05, 0.1) is 34.5 Å². The van der Waals surface area contributed by atoms with Crippen LogP contribution in [0.15, 0.2) is 119 Å². The van der Waals surface area contributed by atoms with E-state index in [9.17, 15) is 8.78 Å². The molecule has 0 aliphatic heterocycles. The second-order valence-corrected chi connectivity index (χ2v) is 11.3. The van der Waals surface area contributed by atoms with Crippen molar-refractivity contribution in [3.8, 4) is 11.4 Å². The Kier molecular flexibility index (Phi) is 6.72. The van der Waals surface area contributed by atoms with Crippen molar-refractivity contribution in [2.24, 2.45) is 0 Å². The Morgan fingerprint density at radius 3 is 1.29 bits per heavy atom. The van der Waals surface area contributed by atoms with Gasteiger partial charge < -0.3 is 0 Å². The number of halogens is 4. The van der Waals surface area contributed by atoms with Crippen LogP contribution in [0.1, 0.15) is 0 Å². The van der Waals surface area contributed by atoms with E-state index in [4.69, 9.17) is 0 Å². The van der Waals surface area contributed by atoms with E-state index in [0.717, 1.165) is 64.2 Å². The van der Waals surface area contributed by atoms with E-state index in [-0.39, 0.29) is 11.6 Å². The van der Waals surface area contributed by atoms with E-state index in [0.29, 0.717) is 0 Å². The van der Waals surface area contributed by atoms with Gasteiger partial charge in [0.15, 0.2) is 0 Å². The molecule has 0 N–H and O–H groups in total. The summed E-state index contributed by atoms with van der Waals surface area (Å²) in [6.07, 6.45) is 6.98. The maximum Gasteiger partial charge on any atom is 0.123 e. The smallest absolute Gasteiger partial charge is 0.123 e. The molecule has 0 aliphatic carbocycles.